The summed E-state index contributed by atoms with van der Waals surface area (Å²) in [5.74, 6) is 1.71. The minimum atomic E-state index is -0.0737. The van der Waals surface area contributed by atoms with Crippen molar-refractivity contribution in [2.24, 2.45) is 11.8 Å². The van der Waals surface area contributed by atoms with Crippen molar-refractivity contribution in [1.29, 1.82) is 0 Å². The van der Waals surface area contributed by atoms with Gasteiger partial charge in [0.25, 0.3) is 0 Å². The average Bonchev–Trinajstić information content (AvgIpc) is 3.07. The lowest BCUT2D eigenvalue weighted by Gasteiger charge is -2.36. The summed E-state index contributed by atoms with van der Waals surface area (Å²) in [5.41, 5.74) is 0.984. The maximum Gasteiger partial charge on any atom is 0.227 e. The molecule has 0 spiro atoms. The van der Waals surface area contributed by atoms with Gasteiger partial charge in [0.2, 0.25) is 5.91 Å². The van der Waals surface area contributed by atoms with Crippen LogP contribution in [0.15, 0.2) is 24.3 Å². The van der Waals surface area contributed by atoms with Crippen molar-refractivity contribution in [2.45, 2.75) is 25.8 Å². The third kappa shape index (κ3) is 4.85. The molecule has 0 aliphatic carbocycles. The highest BCUT2D eigenvalue weighted by Crippen LogP contribution is 2.33. The standard InChI is InChI=1S/C22H35N3O3/c1-4-18-14-25(22(27)13-17-5-7-19(28-3)8-6-17)21(16-26)20(18)15-24-11-9-23(2)10-12-24/h5-8,18,20-21,26H,4,9-16H2,1-3H3/t18-,20-,21-/m1/s1. The van der Waals surface area contributed by atoms with Crippen LogP contribution in [0.25, 0.3) is 0 Å². The van der Waals surface area contributed by atoms with Crippen molar-refractivity contribution in [1.82, 2.24) is 14.7 Å². The average molecular weight is 390 g/mol. The van der Waals surface area contributed by atoms with E-state index in [1.54, 1.807) is 7.11 Å². The molecule has 28 heavy (non-hydrogen) atoms. The van der Waals surface area contributed by atoms with Gasteiger partial charge in [-0.2, -0.15) is 0 Å². The van der Waals surface area contributed by atoms with E-state index in [-0.39, 0.29) is 18.6 Å². The molecule has 0 unspecified atom stereocenters. The van der Waals surface area contributed by atoms with Crippen molar-refractivity contribution in [2.75, 3.05) is 60.0 Å². The summed E-state index contributed by atoms with van der Waals surface area (Å²) in [7, 11) is 3.81. The minimum Gasteiger partial charge on any atom is -0.497 e. The summed E-state index contributed by atoms with van der Waals surface area (Å²) in [6.45, 7) is 8.30. The molecule has 0 saturated carbocycles. The van der Waals surface area contributed by atoms with Crippen LogP contribution < -0.4 is 4.74 Å². The highest BCUT2D eigenvalue weighted by molar-refractivity contribution is 5.79. The number of piperazine rings is 1. The van der Waals surface area contributed by atoms with Crippen LogP contribution in [0.4, 0.5) is 0 Å². The smallest absolute Gasteiger partial charge is 0.227 e. The Labute approximate surface area is 169 Å². The second kappa shape index (κ2) is 9.72. The van der Waals surface area contributed by atoms with E-state index in [2.05, 4.69) is 23.8 Å². The number of likely N-dealkylation sites (tertiary alicyclic amines) is 1. The van der Waals surface area contributed by atoms with E-state index in [0.29, 0.717) is 18.3 Å². The molecular formula is C22H35N3O3. The molecule has 6 nitrogen and oxygen atoms in total. The maximum atomic E-state index is 13.0. The SMILES string of the molecule is CC[C@@H]1CN(C(=O)Cc2ccc(OC)cc2)[C@H](CO)[C@@H]1CN1CCN(C)CC1. The molecule has 6 heteroatoms. The lowest BCUT2D eigenvalue weighted by atomic mass is 9.88. The molecule has 1 amide bonds. The number of rotatable bonds is 7. The molecule has 0 bridgehead atoms. The quantitative estimate of drug-likeness (QED) is 0.763. The summed E-state index contributed by atoms with van der Waals surface area (Å²) in [5, 5.41) is 10.1. The Bertz CT molecular complexity index is 628. The number of amides is 1. The van der Waals surface area contributed by atoms with E-state index < -0.39 is 0 Å². The van der Waals surface area contributed by atoms with Crippen LogP contribution in [0.5, 0.6) is 5.75 Å². The molecule has 2 aliphatic rings. The predicted octanol–water partition coefficient (Wildman–Crippen LogP) is 1.33. The number of methoxy groups -OCH3 is 1. The zero-order valence-corrected chi connectivity index (χ0v) is 17.5. The fourth-order valence-corrected chi connectivity index (χ4v) is 4.64. The lowest BCUT2D eigenvalue weighted by molar-refractivity contribution is -0.132. The molecule has 1 aromatic rings. The first kappa shape index (κ1) is 21.1. The topological polar surface area (TPSA) is 56.3 Å². The number of carbonyl (C=O) groups excluding carboxylic acids is 1. The number of hydrogen-bond donors (Lipinski definition) is 1. The molecule has 1 N–H and O–H groups in total. The molecule has 3 rings (SSSR count). The Kier molecular flexibility index (Phi) is 7.32. The highest BCUT2D eigenvalue weighted by Gasteiger charge is 2.43. The third-order valence-electron chi connectivity index (χ3n) is 6.54. The predicted molar refractivity (Wildman–Crippen MR) is 110 cm³/mol. The first-order valence-electron chi connectivity index (χ1n) is 10.5. The van der Waals surface area contributed by atoms with Gasteiger partial charge < -0.3 is 24.5 Å². The maximum absolute atomic E-state index is 13.0. The largest absolute Gasteiger partial charge is 0.497 e. The fourth-order valence-electron chi connectivity index (χ4n) is 4.64. The van der Waals surface area contributed by atoms with Crippen LogP contribution in [0.2, 0.25) is 0 Å². The van der Waals surface area contributed by atoms with E-state index in [4.69, 9.17) is 4.74 Å². The van der Waals surface area contributed by atoms with Crippen LogP contribution in [0, 0.1) is 11.8 Å². The molecule has 156 valence electrons. The Balaban J connectivity index is 1.65. The lowest BCUT2D eigenvalue weighted by Crippen LogP contribution is -2.49. The van der Waals surface area contributed by atoms with Gasteiger partial charge in [-0.05, 0) is 36.6 Å². The molecule has 2 heterocycles. The minimum absolute atomic E-state index is 0.0449. The van der Waals surface area contributed by atoms with Crippen LogP contribution in [0.1, 0.15) is 18.9 Å². The Morgan fingerprint density at radius 2 is 1.86 bits per heavy atom. The molecule has 2 fully saturated rings. The number of carbonyl (C=O) groups is 1. The van der Waals surface area contributed by atoms with Crippen LogP contribution in [0.3, 0.4) is 0 Å². The first-order valence-corrected chi connectivity index (χ1v) is 10.5. The number of aliphatic hydroxyl groups excluding tert-OH is 1. The molecule has 0 radical (unpaired) electrons. The first-order chi connectivity index (χ1) is 13.5. The van der Waals surface area contributed by atoms with Gasteiger partial charge in [0.05, 0.1) is 26.2 Å². The summed E-state index contributed by atoms with van der Waals surface area (Å²) in [6.07, 6.45) is 1.42. The van der Waals surface area contributed by atoms with E-state index in [0.717, 1.165) is 57.0 Å². The fraction of sp³-hybridized carbons (Fsp3) is 0.682. The van der Waals surface area contributed by atoms with Crippen LogP contribution >= 0.6 is 0 Å². The Morgan fingerprint density at radius 1 is 1.18 bits per heavy atom. The van der Waals surface area contributed by atoms with E-state index >= 15 is 0 Å². The molecule has 2 aliphatic heterocycles. The van der Waals surface area contributed by atoms with Crippen molar-refractivity contribution in [3.8, 4) is 5.75 Å². The molecule has 0 aromatic heterocycles. The Morgan fingerprint density at radius 3 is 2.43 bits per heavy atom. The van der Waals surface area contributed by atoms with Gasteiger partial charge in [-0.3, -0.25) is 4.79 Å². The number of benzene rings is 1. The van der Waals surface area contributed by atoms with Gasteiger partial charge in [0.15, 0.2) is 0 Å². The number of aliphatic hydroxyl groups is 1. The van der Waals surface area contributed by atoms with Gasteiger partial charge >= 0.3 is 0 Å². The second-order valence-corrected chi connectivity index (χ2v) is 8.26. The highest BCUT2D eigenvalue weighted by atomic mass is 16.5. The van der Waals surface area contributed by atoms with Crippen LogP contribution in [-0.4, -0.2) is 91.8 Å². The van der Waals surface area contributed by atoms with E-state index in [1.807, 2.05) is 29.2 Å². The monoisotopic (exact) mass is 389 g/mol. The second-order valence-electron chi connectivity index (χ2n) is 8.26. The number of nitrogens with zero attached hydrogens (tertiary/aromatic N) is 3. The van der Waals surface area contributed by atoms with Gasteiger partial charge in [-0.15, -0.1) is 0 Å². The van der Waals surface area contributed by atoms with Crippen molar-refractivity contribution < 1.29 is 14.6 Å². The number of likely N-dealkylation sites (N-methyl/N-ethyl adjacent to an activating group) is 1. The van der Waals surface area contributed by atoms with Crippen LogP contribution in [-0.2, 0) is 11.2 Å². The zero-order chi connectivity index (χ0) is 20.1. The molecular weight excluding hydrogens is 354 g/mol. The molecule has 1 aromatic carbocycles. The number of ether oxygens (including phenoxy) is 1. The molecule has 3 atom stereocenters. The van der Waals surface area contributed by atoms with Gasteiger partial charge in [-0.25, -0.2) is 0 Å². The van der Waals surface area contributed by atoms with E-state index in [9.17, 15) is 9.90 Å². The van der Waals surface area contributed by atoms with Gasteiger partial charge in [0, 0.05) is 39.3 Å². The number of hydrogen-bond acceptors (Lipinski definition) is 5. The van der Waals surface area contributed by atoms with Crippen molar-refractivity contribution in [3.63, 3.8) is 0 Å². The van der Waals surface area contributed by atoms with Crippen molar-refractivity contribution in [3.05, 3.63) is 29.8 Å². The van der Waals surface area contributed by atoms with E-state index in [1.165, 1.54) is 0 Å². The summed E-state index contributed by atoms with van der Waals surface area (Å²) in [4.78, 5) is 19.9. The summed E-state index contributed by atoms with van der Waals surface area (Å²) in [6, 6.07) is 7.59. The van der Waals surface area contributed by atoms with Gasteiger partial charge in [-0.1, -0.05) is 25.5 Å². The molecule has 2 saturated heterocycles. The van der Waals surface area contributed by atoms with Gasteiger partial charge in [0.1, 0.15) is 5.75 Å². The normalized spacial score (nSPS) is 26.6. The van der Waals surface area contributed by atoms with Crippen molar-refractivity contribution >= 4 is 5.91 Å². The zero-order valence-electron chi connectivity index (χ0n) is 17.5. The summed E-state index contributed by atoms with van der Waals surface area (Å²) >= 11 is 0. The summed E-state index contributed by atoms with van der Waals surface area (Å²) < 4.78 is 5.19. The Hall–Kier alpha value is -1.63. The third-order valence-corrected chi connectivity index (χ3v) is 6.54.